The van der Waals surface area contributed by atoms with Gasteiger partial charge in [-0.05, 0) is 104 Å². The van der Waals surface area contributed by atoms with Crippen LogP contribution in [0.2, 0.25) is 0 Å². The molecule has 2 heterocycles. The Morgan fingerprint density at radius 2 is 1.23 bits per heavy atom. The number of carbonyl (C=O) groups excluding carboxylic acids is 3. The summed E-state index contributed by atoms with van der Waals surface area (Å²) < 4.78 is 26.2. The second-order valence-corrected chi connectivity index (χ2v) is 16.8. The van der Waals surface area contributed by atoms with E-state index in [1.165, 1.54) is 11.3 Å². The Morgan fingerprint density at radius 1 is 0.733 bits per heavy atom. The number of unbranched alkanes of at least 4 members (excludes halogenated alkanes) is 1. The summed E-state index contributed by atoms with van der Waals surface area (Å²) in [5, 5.41) is 18.5. The lowest BCUT2D eigenvalue weighted by atomic mass is 9.97. The standard InChI is InChI=1S/C22H35N3O5.C11H18N2O.C11H19NO4/c1-22(2,3)30-21(27)25-12-6-8-16(15-25)20(26)24-18-10-9-17(29-5)14-19(18)23-11-7-13-28-4;1-3-4-7-13-11-8-9(14-2)5-6-10(11)12;1-11(2,3)16-10(15)12-6-4-5-8(7-12)9(13)14/h9-10,14,16,23H,6-8,11-13,15H2,1-5H3,(H,24,26);5-6,8,13H,3-4,7,12H2,1-2H3;8H,4-7H2,1-3H3,(H,13,14)/t16-;;8-/m1.1/s1. The Kier molecular flexibility index (Phi) is 21.7. The molecule has 0 saturated carbocycles. The molecule has 338 valence electrons. The van der Waals surface area contributed by atoms with E-state index in [1.54, 1.807) is 47.0 Å². The van der Waals surface area contributed by atoms with Crippen molar-refractivity contribution in [3.8, 4) is 11.5 Å². The molecule has 60 heavy (non-hydrogen) atoms. The van der Waals surface area contributed by atoms with E-state index in [2.05, 4.69) is 22.9 Å². The lowest BCUT2D eigenvalue weighted by Crippen LogP contribution is -2.45. The van der Waals surface area contributed by atoms with E-state index in [9.17, 15) is 19.2 Å². The molecule has 2 fully saturated rings. The first-order valence-corrected chi connectivity index (χ1v) is 20.9. The van der Waals surface area contributed by atoms with Crippen molar-refractivity contribution in [2.45, 2.75) is 105 Å². The zero-order valence-corrected chi connectivity index (χ0v) is 37.6. The fraction of sp³-hybridized carbons (Fsp3) is 0.636. The first-order chi connectivity index (χ1) is 28.3. The summed E-state index contributed by atoms with van der Waals surface area (Å²) in [4.78, 5) is 50.9. The van der Waals surface area contributed by atoms with Crippen LogP contribution in [-0.2, 0) is 23.8 Å². The van der Waals surface area contributed by atoms with Gasteiger partial charge in [0.15, 0.2) is 0 Å². The number of hydrogen-bond acceptors (Lipinski definition) is 12. The summed E-state index contributed by atoms with van der Waals surface area (Å²) in [5.74, 6) is -0.146. The van der Waals surface area contributed by atoms with E-state index < -0.39 is 29.2 Å². The maximum absolute atomic E-state index is 12.9. The molecule has 0 spiro atoms. The number of carbonyl (C=O) groups is 4. The average molecular weight is 845 g/mol. The Balaban J connectivity index is 0.000000346. The zero-order valence-electron chi connectivity index (χ0n) is 37.6. The summed E-state index contributed by atoms with van der Waals surface area (Å²) >= 11 is 0. The van der Waals surface area contributed by atoms with Gasteiger partial charge in [0, 0.05) is 65.1 Å². The van der Waals surface area contributed by atoms with Gasteiger partial charge in [0.05, 0.1) is 48.8 Å². The van der Waals surface area contributed by atoms with Crippen LogP contribution in [0.15, 0.2) is 36.4 Å². The number of carboxylic acid groups (broad SMARTS) is 1. The van der Waals surface area contributed by atoms with Crippen molar-refractivity contribution in [3.63, 3.8) is 0 Å². The smallest absolute Gasteiger partial charge is 0.410 e. The summed E-state index contributed by atoms with van der Waals surface area (Å²) in [7, 11) is 4.93. The molecule has 16 heteroatoms. The van der Waals surface area contributed by atoms with E-state index in [0.717, 1.165) is 61.5 Å². The minimum absolute atomic E-state index is 0.103. The van der Waals surface area contributed by atoms with Crippen LogP contribution in [0.25, 0.3) is 0 Å². The molecule has 2 aromatic rings. The largest absolute Gasteiger partial charge is 0.497 e. The number of rotatable bonds is 14. The SMILES string of the molecule is CC(C)(C)OC(=O)N1CCC[C@@H](C(=O)O)C1.CCCCNc1cc(OC)ccc1N.COCCCNc1cc(OC)ccc1NC(=O)[C@@H]1CCCN(C(=O)OC(C)(C)C)C1. The molecular weight excluding hydrogens is 773 g/mol. The number of nitrogen functional groups attached to an aromatic ring is 1. The van der Waals surface area contributed by atoms with Gasteiger partial charge in [0.25, 0.3) is 0 Å². The molecule has 0 aromatic heterocycles. The molecule has 2 aliphatic rings. The van der Waals surface area contributed by atoms with E-state index in [1.807, 2.05) is 57.2 Å². The normalized spacial score (nSPS) is 16.4. The maximum atomic E-state index is 12.9. The molecule has 2 aromatic carbocycles. The summed E-state index contributed by atoms with van der Waals surface area (Å²) in [5.41, 5.74) is 7.92. The fourth-order valence-corrected chi connectivity index (χ4v) is 6.15. The number of nitrogens with one attached hydrogen (secondary N) is 3. The van der Waals surface area contributed by atoms with E-state index in [4.69, 9.17) is 34.5 Å². The van der Waals surface area contributed by atoms with Crippen LogP contribution in [0.5, 0.6) is 11.5 Å². The number of anilines is 4. The highest BCUT2D eigenvalue weighted by molar-refractivity contribution is 5.96. The minimum Gasteiger partial charge on any atom is -0.497 e. The predicted molar refractivity (Wildman–Crippen MR) is 236 cm³/mol. The third-order valence-electron chi connectivity index (χ3n) is 9.30. The van der Waals surface area contributed by atoms with Gasteiger partial charge in [-0.1, -0.05) is 13.3 Å². The van der Waals surface area contributed by atoms with Crippen molar-refractivity contribution in [1.29, 1.82) is 0 Å². The van der Waals surface area contributed by atoms with Crippen LogP contribution in [0.4, 0.5) is 32.3 Å². The number of likely N-dealkylation sites (tertiary alicyclic amines) is 2. The molecular formula is C44H72N6O10. The maximum Gasteiger partial charge on any atom is 0.410 e. The van der Waals surface area contributed by atoms with Crippen molar-refractivity contribution in [2.75, 3.05) is 88.9 Å². The van der Waals surface area contributed by atoms with Crippen molar-refractivity contribution in [2.24, 2.45) is 11.8 Å². The zero-order chi connectivity index (χ0) is 44.9. The third-order valence-corrected chi connectivity index (χ3v) is 9.30. The number of benzene rings is 2. The number of methoxy groups -OCH3 is 3. The highest BCUT2D eigenvalue weighted by Gasteiger charge is 2.32. The number of nitrogens with two attached hydrogens (primary N) is 1. The van der Waals surface area contributed by atoms with Gasteiger partial charge in [-0.25, -0.2) is 9.59 Å². The van der Waals surface area contributed by atoms with Crippen molar-refractivity contribution in [3.05, 3.63) is 36.4 Å². The molecule has 0 radical (unpaired) electrons. The molecule has 6 N–H and O–H groups in total. The number of piperidine rings is 2. The van der Waals surface area contributed by atoms with Crippen LogP contribution in [-0.4, -0.2) is 117 Å². The summed E-state index contributed by atoms with van der Waals surface area (Å²) in [6, 6.07) is 11.1. The van der Waals surface area contributed by atoms with Gasteiger partial charge in [0.2, 0.25) is 5.91 Å². The Hall–Kier alpha value is -5.12. The number of amides is 3. The average Bonchev–Trinajstić information content (AvgIpc) is 3.20. The summed E-state index contributed by atoms with van der Waals surface area (Å²) in [6.07, 6.45) is 5.23. The first kappa shape index (κ1) is 51.0. The van der Waals surface area contributed by atoms with Crippen LogP contribution in [0, 0.1) is 11.8 Å². The first-order valence-electron chi connectivity index (χ1n) is 20.9. The fourth-order valence-electron chi connectivity index (χ4n) is 6.15. The van der Waals surface area contributed by atoms with Gasteiger partial charge in [-0.15, -0.1) is 0 Å². The lowest BCUT2D eigenvalue weighted by molar-refractivity contribution is -0.143. The molecule has 2 saturated heterocycles. The van der Waals surface area contributed by atoms with Crippen molar-refractivity contribution >= 4 is 46.8 Å². The topological polar surface area (TPSA) is 203 Å². The molecule has 2 aliphatic heterocycles. The Bertz CT molecular complexity index is 1640. The number of carboxylic acids is 1. The number of hydrogen-bond donors (Lipinski definition) is 5. The number of nitrogens with zero attached hydrogens (tertiary/aromatic N) is 2. The number of ether oxygens (including phenoxy) is 5. The van der Waals surface area contributed by atoms with Gasteiger partial charge < -0.3 is 60.3 Å². The highest BCUT2D eigenvalue weighted by Crippen LogP contribution is 2.29. The van der Waals surface area contributed by atoms with Crippen LogP contribution < -0.4 is 31.2 Å². The second-order valence-electron chi connectivity index (χ2n) is 16.8. The molecule has 0 unspecified atom stereocenters. The molecule has 16 nitrogen and oxygen atoms in total. The quantitative estimate of drug-likeness (QED) is 0.0907. The highest BCUT2D eigenvalue weighted by atomic mass is 16.6. The minimum atomic E-state index is -0.840. The van der Waals surface area contributed by atoms with Gasteiger partial charge in [-0.2, -0.15) is 0 Å². The molecule has 4 rings (SSSR count). The van der Waals surface area contributed by atoms with Gasteiger partial charge >= 0.3 is 18.2 Å². The van der Waals surface area contributed by atoms with Crippen molar-refractivity contribution in [1.82, 2.24) is 9.80 Å². The van der Waals surface area contributed by atoms with Gasteiger partial charge in [-0.3, -0.25) is 9.59 Å². The van der Waals surface area contributed by atoms with E-state index in [0.29, 0.717) is 50.6 Å². The van der Waals surface area contributed by atoms with Gasteiger partial charge in [0.1, 0.15) is 22.7 Å². The predicted octanol–water partition coefficient (Wildman–Crippen LogP) is 7.94. The Morgan fingerprint density at radius 3 is 1.75 bits per heavy atom. The lowest BCUT2D eigenvalue weighted by Gasteiger charge is -2.33. The molecule has 0 aliphatic carbocycles. The monoisotopic (exact) mass is 845 g/mol. The molecule has 3 amide bonds. The van der Waals surface area contributed by atoms with E-state index >= 15 is 0 Å². The summed E-state index contributed by atoms with van der Waals surface area (Å²) in [6.45, 7) is 17.2. The molecule has 2 atom stereocenters. The Labute approximate surface area is 357 Å². The number of aliphatic carboxylic acids is 1. The molecule has 0 bridgehead atoms. The third kappa shape index (κ3) is 19.3. The van der Waals surface area contributed by atoms with Crippen molar-refractivity contribution < 1.29 is 48.0 Å². The van der Waals surface area contributed by atoms with Crippen LogP contribution >= 0.6 is 0 Å². The van der Waals surface area contributed by atoms with E-state index in [-0.39, 0.29) is 24.5 Å². The second kappa shape index (κ2) is 25.5. The van der Waals surface area contributed by atoms with Crippen LogP contribution in [0.3, 0.4) is 0 Å². The van der Waals surface area contributed by atoms with Crippen LogP contribution in [0.1, 0.15) is 93.4 Å².